The van der Waals surface area contributed by atoms with Crippen molar-refractivity contribution in [2.45, 2.75) is 37.9 Å². The summed E-state index contributed by atoms with van der Waals surface area (Å²) >= 11 is 0. The number of ketones is 1. The highest BCUT2D eigenvalue weighted by Gasteiger charge is 2.37. The molecule has 0 aliphatic heterocycles. The molecule has 2 unspecified atom stereocenters. The summed E-state index contributed by atoms with van der Waals surface area (Å²) in [4.78, 5) is 12.3. The fourth-order valence-corrected chi connectivity index (χ4v) is 2.63. The fourth-order valence-electron chi connectivity index (χ4n) is 2.63. The van der Waals surface area contributed by atoms with Crippen LogP contribution in [0.3, 0.4) is 0 Å². The van der Waals surface area contributed by atoms with Crippen molar-refractivity contribution in [2.24, 2.45) is 11.7 Å². The molecule has 0 amide bonds. The Hall–Kier alpha value is -1.36. The lowest BCUT2D eigenvalue weighted by atomic mass is 9.80. The quantitative estimate of drug-likeness (QED) is 0.838. The lowest BCUT2D eigenvalue weighted by molar-refractivity contribution is -0.137. The number of halogens is 3. The van der Waals surface area contributed by atoms with E-state index in [1.54, 1.807) is 0 Å². The highest BCUT2D eigenvalue weighted by molar-refractivity contribution is 5.99. The molecule has 0 bridgehead atoms. The first kappa shape index (κ1) is 14.1. The van der Waals surface area contributed by atoms with Gasteiger partial charge in [0.05, 0.1) is 5.56 Å². The molecule has 0 aromatic heterocycles. The number of alkyl halides is 3. The zero-order chi connectivity index (χ0) is 14.0. The highest BCUT2D eigenvalue weighted by Crippen LogP contribution is 2.35. The molecule has 2 nitrogen and oxygen atoms in total. The lowest BCUT2D eigenvalue weighted by Crippen LogP contribution is -2.32. The summed E-state index contributed by atoms with van der Waals surface area (Å²) in [5.74, 6) is -0.810. The predicted octanol–water partition coefficient (Wildman–Crippen LogP) is 3.41. The van der Waals surface area contributed by atoms with Gasteiger partial charge in [-0.1, -0.05) is 24.6 Å². The van der Waals surface area contributed by atoms with Crippen LogP contribution in [0.15, 0.2) is 24.3 Å². The fraction of sp³-hybridized carbons (Fsp3) is 0.500. The number of Topliss-reactive ketones (excluding diaryl/α,β-unsaturated/α-hetero) is 1. The van der Waals surface area contributed by atoms with Crippen molar-refractivity contribution in [3.05, 3.63) is 35.4 Å². The van der Waals surface area contributed by atoms with Crippen LogP contribution in [0.25, 0.3) is 0 Å². The Balaban J connectivity index is 2.29. The molecule has 2 rings (SSSR count). The average molecular weight is 271 g/mol. The zero-order valence-electron chi connectivity index (χ0n) is 10.4. The van der Waals surface area contributed by atoms with Gasteiger partial charge in [0, 0.05) is 17.5 Å². The lowest BCUT2D eigenvalue weighted by Gasteiger charge is -2.26. The van der Waals surface area contributed by atoms with E-state index in [2.05, 4.69) is 0 Å². The van der Waals surface area contributed by atoms with E-state index in [-0.39, 0.29) is 17.5 Å². The van der Waals surface area contributed by atoms with Gasteiger partial charge in [-0.15, -0.1) is 0 Å². The van der Waals surface area contributed by atoms with Crippen molar-refractivity contribution in [1.29, 1.82) is 0 Å². The largest absolute Gasteiger partial charge is 0.417 e. The Morgan fingerprint density at radius 3 is 2.53 bits per heavy atom. The molecule has 2 atom stereocenters. The van der Waals surface area contributed by atoms with E-state index in [1.165, 1.54) is 18.2 Å². The third-order valence-electron chi connectivity index (χ3n) is 3.58. The second kappa shape index (κ2) is 5.33. The van der Waals surface area contributed by atoms with Gasteiger partial charge in [0.25, 0.3) is 0 Å². The molecule has 104 valence electrons. The van der Waals surface area contributed by atoms with Gasteiger partial charge in [-0.3, -0.25) is 4.79 Å². The molecule has 0 heterocycles. The third-order valence-corrected chi connectivity index (χ3v) is 3.58. The summed E-state index contributed by atoms with van der Waals surface area (Å²) in [6.07, 6.45) is -1.76. The second-order valence-electron chi connectivity index (χ2n) is 5.03. The van der Waals surface area contributed by atoms with Gasteiger partial charge in [-0.25, -0.2) is 0 Å². The van der Waals surface area contributed by atoms with Crippen LogP contribution in [0.1, 0.15) is 41.6 Å². The molecule has 0 saturated heterocycles. The van der Waals surface area contributed by atoms with Crippen LogP contribution in [0.2, 0.25) is 0 Å². The Kier molecular flexibility index (Phi) is 3.94. The van der Waals surface area contributed by atoms with Crippen LogP contribution in [-0.2, 0) is 6.18 Å². The first-order chi connectivity index (χ1) is 8.89. The van der Waals surface area contributed by atoms with Crippen molar-refractivity contribution in [3.8, 4) is 0 Å². The van der Waals surface area contributed by atoms with Crippen molar-refractivity contribution in [3.63, 3.8) is 0 Å². The van der Waals surface area contributed by atoms with Crippen LogP contribution in [0, 0.1) is 5.92 Å². The minimum atomic E-state index is -4.50. The predicted molar refractivity (Wildman–Crippen MR) is 65.7 cm³/mol. The van der Waals surface area contributed by atoms with E-state index in [9.17, 15) is 18.0 Å². The van der Waals surface area contributed by atoms with Crippen molar-refractivity contribution in [2.75, 3.05) is 0 Å². The second-order valence-corrected chi connectivity index (χ2v) is 5.03. The molecular weight excluding hydrogens is 255 g/mol. The summed E-state index contributed by atoms with van der Waals surface area (Å²) in [7, 11) is 0. The van der Waals surface area contributed by atoms with Crippen LogP contribution in [0.5, 0.6) is 0 Å². The molecule has 1 saturated carbocycles. The molecule has 1 fully saturated rings. The van der Waals surface area contributed by atoms with E-state index >= 15 is 0 Å². The molecule has 19 heavy (non-hydrogen) atoms. The van der Waals surface area contributed by atoms with Gasteiger partial charge in [0.1, 0.15) is 0 Å². The topological polar surface area (TPSA) is 43.1 Å². The van der Waals surface area contributed by atoms with Gasteiger partial charge < -0.3 is 5.73 Å². The molecule has 1 aliphatic rings. The van der Waals surface area contributed by atoms with E-state index in [4.69, 9.17) is 5.73 Å². The smallest absolute Gasteiger partial charge is 0.328 e. The number of hydrogen-bond donors (Lipinski definition) is 1. The van der Waals surface area contributed by atoms with Crippen LogP contribution >= 0.6 is 0 Å². The first-order valence-corrected chi connectivity index (χ1v) is 6.35. The number of hydrogen-bond acceptors (Lipinski definition) is 2. The normalized spacial score (nSPS) is 24.2. The van der Waals surface area contributed by atoms with E-state index in [0.717, 1.165) is 18.9 Å². The molecule has 2 N–H and O–H groups in total. The first-order valence-electron chi connectivity index (χ1n) is 6.35. The molecule has 1 aromatic carbocycles. The van der Waals surface area contributed by atoms with Crippen LogP contribution in [0.4, 0.5) is 13.2 Å². The van der Waals surface area contributed by atoms with Gasteiger partial charge in [0.15, 0.2) is 5.78 Å². The van der Waals surface area contributed by atoms with Gasteiger partial charge in [-0.2, -0.15) is 13.2 Å². The minimum Gasteiger partial charge on any atom is -0.328 e. The highest BCUT2D eigenvalue weighted by atomic mass is 19.4. The summed E-state index contributed by atoms with van der Waals surface area (Å²) in [5.41, 5.74) is 4.71. The number of rotatable bonds is 2. The molecular formula is C14H16F3NO. The molecule has 5 heteroatoms. The third kappa shape index (κ3) is 3.15. The molecule has 1 aliphatic carbocycles. The molecule has 1 aromatic rings. The summed E-state index contributed by atoms with van der Waals surface area (Å²) in [6.45, 7) is 0. The van der Waals surface area contributed by atoms with Gasteiger partial charge >= 0.3 is 6.18 Å². The minimum absolute atomic E-state index is 0.0826. The van der Waals surface area contributed by atoms with Crippen molar-refractivity contribution in [1.82, 2.24) is 0 Å². The zero-order valence-corrected chi connectivity index (χ0v) is 10.4. The van der Waals surface area contributed by atoms with Crippen LogP contribution in [-0.4, -0.2) is 11.8 Å². The summed E-state index contributed by atoms with van der Waals surface area (Å²) in [5, 5.41) is 0. The van der Waals surface area contributed by atoms with Crippen LogP contribution < -0.4 is 5.73 Å². The summed E-state index contributed by atoms with van der Waals surface area (Å²) in [6, 6.07) is 4.89. The SMILES string of the molecule is NC1CCCC(C(=O)c2ccccc2C(F)(F)F)C1. The van der Waals surface area contributed by atoms with E-state index < -0.39 is 17.5 Å². The monoisotopic (exact) mass is 271 g/mol. The number of benzene rings is 1. The maximum atomic E-state index is 12.9. The Morgan fingerprint density at radius 2 is 1.89 bits per heavy atom. The average Bonchev–Trinajstić information content (AvgIpc) is 2.37. The molecule has 0 radical (unpaired) electrons. The maximum absolute atomic E-state index is 12.9. The van der Waals surface area contributed by atoms with Gasteiger partial charge in [-0.05, 0) is 25.3 Å². The van der Waals surface area contributed by atoms with Crippen molar-refractivity contribution < 1.29 is 18.0 Å². The molecule has 0 spiro atoms. The Bertz CT molecular complexity index is 470. The standard InChI is InChI=1S/C14H16F3NO/c15-14(16,17)12-7-2-1-6-11(12)13(19)9-4-3-5-10(18)8-9/h1-2,6-7,9-10H,3-5,8,18H2. The van der Waals surface area contributed by atoms with Crippen molar-refractivity contribution >= 4 is 5.78 Å². The summed E-state index contributed by atoms with van der Waals surface area (Å²) < 4.78 is 38.6. The van der Waals surface area contributed by atoms with E-state index in [0.29, 0.717) is 12.8 Å². The Morgan fingerprint density at radius 1 is 1.21 bits per heavy atom. The number of carbonyl (C=O) groups is 1. The maximum Gasteiger partial charge on any atom is 0.417 e. The Labute approximate surface area is 109 Å². The number of nitrogens with two attached hydrogens (primary N) is 1. The van der Waals surface area contributed by atoms with Gasteiger partial charge in [0.2, 0.25) is 0 Å². The van der Waals surface area contributed by atoms with E-state index in [1.807, 2.05) is 0 Å². The number of carbonyl (C=O) groups excluding carboxylic acids is 1.